The van der Waals surface area contributed by atoms with Crippen molar-refractivity contribution in [1.82, 2.24) is 0 Å². The molecule has 0 aliphatic rings. The smallest absolute Gasteiger partial charge is 0.367 e. The molecule has 1 unspecified atom stereocenters. The molecule has 0 fully saturated rings. The molecular weight excluding hydrogens is 331 g/mol. The number of ether oxygens (including phenoxy) is 1. The summed E-state index contributed by atoms with van der Waals surface area (Å²) in [6.45, 7) is 0. The van der Waals surface area contributed by atoms with Crippen LogP contribution in [0.1, 0.15) is 17.2 Å². The van der Waals surface area contributed by atoms with Crippen molar-refractivity contribution >= 4 is 23.2 Å². The molecule has 3 nitrogen and oxygen atoms in total. The number of hydrogen-bond acceptors (Lipinski definition) is 2. The second-order valence-corrected chi connectivity index (χ2v) is 5.12. The fourth-order valence-electron chi connectivity index (χ4n) is 2.05. The third-order valence-corrected chi connectivity index (χ3v) is 3.45. The van der Waals surface area contributed by atoms with E-state index in [2.05, 4.69) is 5.32 Å². The molecule has 0 heterocycles. The second kappa shape index (κ2) is 7.02. The van der Waals surface area contributed by atoms with Gasteiger partial charge in [0.05, 0.1) is 10.6 Å². The Labute approximate surface area is 136 Å². The van der Waals surface area contributed by atoms with Gasteiger partial charge < -0.3 is 10.1 Å². The van der Waals surface area contributed by atoms with Crippen molar-refractivity contribution in [2.45, 2.75) is 12.3 Å². The van der Waals surface area contributed by atoms with Crippen LogP contribution >= 0.6 is 11.6 Å². The average Bonchev–Trinajstić information content (AvgIpc) is 2.50. The molecule has 0 aliphatic heterocycles. The van der Waals surface area contributed by atoms with Gasteiger partial charge in [-0.2, -0.15) is 13.2 Å². The summed E-state index contributed by atoms with van der Waals surface area (Å²) in [5.41, 5.74) is -0.423. The number of nitrogens with one attached hydrogen (secondary N) is 1. The quantitative estimate of drug-likeness (QED) is 0.875. The first kappa shape index (κ1) is 17.3. The van der Waals surface area contributed by atoms with Gasteiger partial charge in [-0.25, -0.2) is 0 Å². The first-order chi connectivity index (χ1) is 10.8. The highest BCUT2D eigenvalue weighted by atomic mass is 35.5. The van der Waals surface area contributed by atoms with Gasteiger partial charge in [0, 0.05) is 12.8 Å². The Bertz CT molecular complexity index is 689. The number of anilines is 1. The van der Waals surface area contributed by atoms with Gasteiger partial charge in [-0.15, -0.1) is 0 Å². The molecule has 23 heavy (non-hydrogen) atoms. The zero-order chi connectivity index (χ0) is 17.0. The molecule has 0 aromatic heterocycles. The first-order valence-electron chi connectivity index (χ1n) is 6.58. The highest BCUT2D eigenvalue weighted by Gasteiger charge is 2.33. The van der Waals surface area contributed by atoms with Gasteiger partial charge in [-0.3, -0.25) is 4.79 Å². The molecule has 1 atom stereocenters. The van der Waals surface area contributed by atoms with E-state index < -0.39 is 28.8 Å². The molecule has 0 radical (unpaired) electrons. The Balaban J connectivity index is 2.23. The lowest BCUT2D eigenvalue weighted by molar-refractivity contribution is -0.137. The minimum Gasteiger partial charge on any atom is -0.367 e. The van der Waals surface area contributed by atoms with E-state index in [0.29, 0.717) is 5.56 Å². The van der Waals surface area contributed by atoms with E-state index in [0.717, 1.165) is 12.1 Å². The minimum absolute atomic E-state index is 0.00953. The predicted molar refractivity (Wildman–Crippen MR) is 81.3 cm³/mol. The number of carbonyl (C=O) groups excluding carboxylic acids is 1. The van der Waals surface area contributed by atoms with Crippen molar-refractivity contribution in [2.24, 2.45) is 0 Å². The van der Waals surface area contributed by atoms with Crippen LogP contribution < -0.4 is 5.32 Å². The summed E-state index contributed by atoms with van der Waals surface area (Å²) in [6, 6.07) is 11.8. The summed E-state index contributed by atoms with van der Waals surface area (Å²) in [7, 11) is 1.35. The lowest BCUT2D eigenvalue weighted by Crippen LogP contribution is -2.22. The summed E-state index contributed by atoms with van der Waals surface area (Å²) in [6.07, 6.45) is -5.53. The molecule has 0 spiro atoms. The van der Waals surface area contributed by atoms with Crippen LogP contribution in [0.2, 0.25) is 5.02 Å². The number of amides is 1. The number of rotatable bonds is 4. The molecule has 2 rings (SSSR count). The summed E-state index contributed by atoms with van der Waals surface area (Å²) < 4.78 is 43.6. The average molecular weight is 344 g/mol. The largest absolute Gasteiger partial charge is 0.417 e. The van der Waals surface area contributed by atoms with Crippen LogP contribution in [0.25, 0.3) is 0 Å². The Morgan fingerprint density at radius 2 is 1.83 bits per heavy atom. The monoisotopic (exact) mass is 343 g/mol. The van der Waals surface area contributed by atoms with Crippen LogP contribution in [0, 0.1) is 0 Å². The van der Waals surface area contributed by atoms with Crippen LogP contribution in [-0.4, -0.2) is 13.0 Å². The topological polar surface area (TPSA) is 38.3 Å². The third-order valence-electron chi connectivity index (χ3n) is 3.12. The molecule has 1 N–H and O–H groups in total. The highest BCUT2D eigenvalue weighted by Crippen LogP contribution is 2.36. The summed E-state index contributed by atoms with van der Waals surface area (Å²) >= 11 is 5.55. The number of methoxy groups -OCH3 is 1. The van der Waals surface area contributed by atoms with Crippen LogP contribution in [0.4, 0.5) is 18.9 Å². The summed E-state index contributed by atoms with van der Waals surface area (Å²) in [5, 5.41) is 1.98. The van der Waals surface area contributed by atoms with E-state index in [1.165, 1.54) is 13.2 Å². The molecule has 0 bridgehead atoms. The van der Waals surface area contributed by atoms with E-state index in [9.17, 15) is 18.0 Å². The number of halogens is 4. The number of hydrogen-bond donors (Lipinski definition) is 1. The molecule has 0 saturated heterocycles. The van der Waals surface area contributed by atoms with Crippen LogP contribution in [0.5, 0.6) is 0 Å². The molecule has 0 saturated carbocycles. The molecular formula is C16H13ClF3NO2. The Morgan fingerprint density at radius 1 is 1.17 bits per heavy atom. The second-order valence-electron chi connectivity index (χ2n) is 4.71. The van der Waals surface area contributed by atoms with Crippen molar-refractivity contribution in [3.05, 3.63) is 64.7 Å². The van der Waals surface area contributed by atoms with E-state index >= 15 is 0 Å². The zero-order valence-corrected chi connectivity index (χ0v) is 12.8. The van der Waals surface area contributed by atoms with Gasteiger partial charge >= 0.3 is 6.18 Å². The maximum atomic E-state index is 12.8. The highest BCUT2D eigenvalue weighted by molar-refractivity contribution is 6.31. The van der Waals surface area contributed by atoms with Crippen molar-refractivity contribution in [1.29, 1.82) is 0 Å². The lowest BCUT2D eigenvalue weighted by atomic mass is 10.1. The van der Waals surface area contributed by atoms with Crippen molar-refractivity contribution in [2.75, 3.05) is 12.4 Å². The molecule has 0 aliphatic carbocycles. The van der Waals surface area contributed by atoms with Gasteiger partial charge in [0.15, 0.2) is 6.10 Å². The normalized spacial score (nSPS) is 12.7. The standard InChI is InChI=1S/C16H13ClF3NO2/c1-23-14(10-5-3-2-4-6-10)15(22)21-11-7-8-13(17)12(9-11)16(18,19)20/h2-9,14H,1H3,(H,21,22). The van der Waals surface area contributed by atoms with Crippen LogP contribution in [0.3, 0.4) is 0 Å². The van der Waals surface area contributed by atoms with Gasteiger partial charge in [-0.05, 0) is 23.8 Å². The first-order valence-corrected chi connectivity index (χ1v) is 6.96. The fourth-order valence-corrected chi connectivity index (χ4v) is 2.28. The maximum Gasteiger partial charge on any atom is 0.417 e. The Morgan fingerprint density at radius 3 is 2.39 bits per heavy atom. The summed E-state index contributed by atoms with van der Waals surface area (Å²) in [5.74, 6) is -0.575. The van der Waals surface area contributed by atoms with Crippen molar-refractivity contribution in [3.8, 4) is 0 Å². The molecule has 2 aromatic rings. The Kier molecular flexibility index (Phi) is 5.28. The Hall–Kier alpha value is -2.05. The summed E-state index contributed by atoms with van der Waals surface area (Å²) in [4.78, 5) is 12.2. The van der Waals surface area contributed by atoms with E-state index in [1.807, 2.05) is 0 Å². The van der Waals surface area contributed by atoms with Crippen LogP contribution in [-0.2, 0) is 15.7 Å². The van der Waals surface area contributed by atoms with E-state index in [1.54, 1.807) is 30.3 Å². The van der Waals surface area contributed by atoms with E-state index in [-0.39, 0.29) is 5.69 Å². The lowest BCUT2D eigenvalue weighted by Gasteiger charge is -2.17. The van der Waals surface area contributed by atoms with Crippen molar-refractivity contribution < 1.29 is 22.7 Å². The van der Waals surface area contributed by atoms with Crippen molar-refractivity contribution in [3.63, 3.8) is 0 Å². The maximum absolute atomic E-state index is 12.8. The predicted octanol–water partition coefficient (Wildman–Crippen LogP) is 4.69. The molecule has 2 aromatic carbocycles. The number of carbonyl (C=O) groups is 1. The van der Waals surface area contributed by atoms with E-state index in [4.69, 9.17) is 16.3 Å². The van der Waals surface area contributed by atoms with Gasteiger partial charge in [0.25, 0.3) is 5.91 Å². The SMILES string of the molecule is COC(C(=O)Nc1ccc(Cl)c(C(F)(F)F)c1)c1ccccc1. The van der Waals surface area contributed by atoms with Gasteiger partial charge in [0.2, 0.25) is 0 Å². The fraction of sp³-hybridized carbons (Fsp3) is 0.188. The minimum atomic E-state index is -4.60. The third kappa shape index (κ3) is 4.24. The number of alkyl halides is 3. The number of benzene rings is 2. The molecule has 1 amide bonds. The van der Waals surface area contributed by atoms with Gasteiger partial charge in [-0.1, -0.05) is 41.9 Å². The molecule has 122 valence electrons. The zero-order valence-electron chi connectivity index (χ0n) is 12.0. The van der Waals surface area contributed by atoms with Gasteiger partial charge in [0.1, 0.15) is 0 Å². The van der Waals surface area contributed by atoms with Crippen LogP contribution in [0.15, 0.2) is 48.5 Å². The molecule has 7 heteroatoms.